The molecule has 1 amide bonds. The number of carbonyl (C=O) groups excluding carboxylic acids is 1. The average molecular weight is 408 g/mol. The van der Waals surface area contributed by atoms with Gasteiger partial charge in [0.1, 0.15) is 11.4 Å². The Morgan fingerprint density at radius 1 is 1.54 bits per heavy atom. The highest BCUT2D eigenvalue weighted by Gasteiger charge is 2.42. The van der Waals surface area contributed by atoms with Gasteiger partial charge in [-0.05, 0) is 48.5 Å². The first kappa shape index (κ1) is 18.7. The van der Waals surface area contributed by atoms with Crippen molar-refractivity contribution in [3.63, 3.8) is 0 Å². The maximum atomic E-state index is 12.6. The van der Waals surface area contributed by atoms with E-state index in [4.69, 9.17) is 10.1 Å². The maximum absolute atomic E-state index is 12.6. The minimum Gasteiger partial charge on any atom is -0.480 e. The van der Waals surface area contributed by atoms with Crippen molar-refractivity contribution >= 4 is 28.1 Å². The summed E-state index contributed by atoms with van der Waals surface area (Å²) in [4.78, 5) is 16.2. The molecule has 1 aromatic rings. The first-order chi connectivity index (χ1) is 11.1. The molecule has 1 saturated carbocycles. The molecule has 2 atom stereocenters. The van der Waals surface area contributed by atoms with Gasteiger partial charge in [0.05, 0.1) is 10.0 Å². The Balaban J connectivity index is 2.17. The van der Waals surface area contributed by atoms with Gasteiger partial charge in [-0.15, -0.1) is 0 Å². The van der Waals surface area contributed by atoms with Crippen LogP contribution in [0, 0.1) is 11.3 Å². The van der Waals surface area contributed by atoms with Crippen LogP contribution in [0.3, 0.4) is 0 Å². The zero-order valence-electron chi connectivity index (χ0n) is 13.1. The number of amides is 1. The molecule has 0 aromatic carbocycles. The van der Waals surface area contributed by atoms with Crippen LogP contribution in [-0.4, -0.2) is 34.9 Å². The van der Waals surface area contributed by atoms with Gasteiger partial charge in [-0.25, -0.2) is 4.98 Å². The van der Waals surface area contributed by atoms with Crippen LogP contribution in [0.15, 0.2) is 16.7 Å². The molecule has 0 saturated heterocycles. The van der Waals surface area contributed by atoms with E-state index >= 15 is 0 Å². The summed E-state index contributed by atoms with van der Waals surface area (Å²) in [5, 5.41) is 10.2. The molecule has 1 fully saturated rings. The molecule has 132 valence electrons. The fraction of sp³-hybridized carbons (Fsp3) is 0.533. The Hall–Kier alpha value is -1.64. The molecule has 1 aliphatic rings. The number of aromatic nitrogens is 1. The summed E-state index contributed by atoms with van der Waals surface area (Å²) in [5.41, 5.74) is -0.858. The Labute approximate surface area is 145 Å². The van der Waals surface area contributed by atoms with E-state index in [-0.39, 0.29) is 21.8 Å². The summed E-state index contributed by atoms with van der Waals surface area (Å²) in [6.07, 6.45) is -2.33. The highest BCUT2D eigenvalue weighted by Crippen LogP contribution is 2.38. The van der Waals surface area contributed by atoms with E-state index in [2.05, 4.69) is 26.2 Å². The fourth-order valence-electron chi connectivity index (χ4n) is 2.14. The number of pyridine rings is 1. The molecule has 0 bridgehead atoms. The minimum absolute atomic E-state index is 0.0729. The van der Waals surface area contributed by atoms with Gasteiger partial charge in [-0.3, -0.25) is 4.79 Å². The third kappa shape index (κ3) is 4.25. The second-order valence-corrected chi connectivity index (χ2v) is 6.81. The van der Waals surface area contributed by atoms with Gasteiger partial charge in [0, 0.05) is 18.5 Å². The van der Waals surface area contributed by atoms with Crippen LogP contribution in [0.1, 0.15) is 37.2 Å². The number of hydrogen-bond donors (Lipinski definition) is 2. The first-order valence-corrected chi connectivity index (χ1v) is 8.09. The number of carbonyl (C=O) groups is 1. The lowest BCUT2D eigenvalue weighted by Gasteiger charge is -2.26. The summed E-state index contributed by atoms with van der Waals surface area (Å²) < 4.78 is 43.0. The molecule has 1 heterocycles. The van der Waals surface area contributed by atoms with E-state index in [0.29, 0.717) is 0 Å². The van der Waals surface area contributed by atoms with Gasteiger partial charge in [0.25, 0.3) is 5.91 Å². The van der Waals surface area contributed by atoms with E-state index in [0.717, 1.165) is 25.8 Å². The number of ether oxygens (including phenoxy) is 1. The average Bonchev–Trinajstić information content (AvgIpc) is 3.33. The zero-order chi connectivity index (χ0) is 18.1. The Morgan fingerprint density at radius 3 is 2.67 bits per heavy atom. The lowest BCUT2D eigenvalue weighted by Crippen LogP contribution is -2.49. The highest BCUT2D eigenvalue weighted by molar-refractivity contribution is 9.10. The summed E-state index contributed by atoms with van der Waals surface area (Å²) in [6.45, 7) is 2.61. The van der Waals surface area contributed by atoms with Crippen molar-refractivity contribution in [2.75, 3.05) is 0 Å². The van der Waals surface area contributed by atoms with Gasteiger partial charge in [-0.1, -0.05) is 0 Å². The summed E-state index contributed by atoms with van der Waals surface area (Å²) in [5.74, 6) is -0.497. The molecule has 2 rings (SSSR count). The summed E-state index contributed by atoms with van der Waals surface area (Å²) >= 11 is 3.06. The van der Waals surface area contributed by atoms with Crippen LogP contribution < -0.4 is 10.1 Å². The lowest BCUT2D eigenvalue weighted by atomic mass is 9.97. The molecule has 2 N–H and O–H groups in total. The molecule has 0 aliphatic heterocycles. The predicted molar refractivity (Wildman–Crippen MR) is 85.5 cm³/mol. The van der Waals surface area contributed by atoms with Crippen molar-refractivity contribution in [1.29, 1.82) is 5.41 Å². The SMILES string of the molecule is C[C@H](Oc1cc(C(=O)NC(C)(C=N)C2CC2)ncc1Br)C(F)(F)F. The topological polar surface area (TPSA) is 75.1 Å². The highest BCUT2D eigenvalue weighted by atomic mass is 79.9. The molecule has 5 nitrogen and oxygen atoms in total. The van der Waals surface area contributed by atoms with Crippen LogP contribution in [0.2, 0.25) is 0 Å². The number of alkyl halides is 3. The molecular weight excluding hydrogens is 391 g/mol. The molecule has 1 aromatic heterocycles. The largest absolute Gasteiger partial charge is 0.480 e. The summed E-state index contributed by atoms with van der Waals surface area (Å²) in [6, 6.07) is 1.15. The van der Waals surface area contributed by atoms with E-state index in [1.807, 2.05) is 0 Å². The summed E-state index contributed by atoms with van der Waals surface area (Å²) in [7, 11) is 0. The molecule has 24 heavy (non-hydrogen) atoms. The third-order valence-corrected chi connectivity index (χ3v) is 4.52. The smallest absolute Gasteiger partial charge is 0.425 e. The van der Waals surface area contributed by atoms with E-state index < -0.39 is 23.7 Å². The number of nitrogens with one attached hydrogen (secondary N) is 2. The molecule has 1 unspecified atom stereocenters. The Kier molecular flexibility index (Phi) is 5.22. The molecule has 1 aliphatic carbocycles. The van der Waals surface area contributed by atoms with Gasteiger partial charge in [0.15, 0.2) is 6.10 Å². The van der Waals surface area contributed by atoms with E-state index in [1.165, 1.54) is 12.4 Å². The van der Waals surface area contributed by atoms with Crippen molar-refractivity contribution in [3.05, 3.63) is 22.4 Å². The van der Waals surface area contributed by atoms with Crippen LogP contribution in [0.25, 0.3) is 0 Å². The second-order valence-electron chi connectivity index (χ2n) is 5.96. The third-order valence-electron chi connectivity index (χ3n) is 3.93. The molecule has 0 spiro atoms. The van der Waals surface area contributed by atoms with Crippen molar-refractivity contribution in [2.45, 2.75) is 44.5 Å². The van der Waals surface area contributed by atoms with Crippen molar-refractivity contribution in [2.24, 2.45) is 5.92 Å². The van der Waals surface area contributed by atoms with Gasteiger partial charge in [0.2, 0.25) is 0 Å². The first-order valence-electron chi connectivity index (χ1n) is 7.30. The van der Waals surface area contributed by atoms with E-state index in [9.17, 15) is 18.0 Å². The normalized spacial score (nSPS) is 18.4. The van der Waals surface area contributed by atoms with E-state index in [1.54, 1.807) is 6.92 Å². The van der Waals surface area contributed by atoms with Gasteiger partial charge in [-0.2, -0.15) is 13.2 Å². The fourth-order valence-corrected chi connectivity index (χ4v) is 2.45. The van der Waals surface area contributed by atoms with Crippen LogP contribution in [0.5, 0.6) is 5.75 Å². The molecule has 0 radical (unpaired) electrons. The maximum Gasteiger partial charge on any atom is 0.425 e. The second kappa shape index (κ2) is 6.70. The van der Waals surface area contributed by atoms with Crippen LogP contribution in [-0.2, 0) is 0 Å². The number of hydrogen-bond acceptors (Lipinski definition) is 4. The Bertz CT molecular complexity index is 649. The quantitative estimate of drug-likeness (QED) is 0.705. The zero-order valence-corrected chi connectivity index (χ0v) is 14.7. The van der Waals surface area contributed by atoms with Crippen molar-refractivity contribution < 1.29 is 22.7 Å². The molecular formula is C15H17BrF3N3O2. The van der Waals surface area contributed by atoms with Crippen LogP contribution in [0.4, 0.5) is 13.2 Å². The Morgan fingerprint density at radius 2 is 2.17 bits per heavy atom. The minimum atomic E-state index is -4.52. The van der Waals surface area contributed by atoms with Crippen LogP contribution >= 0.6 is 15.9 Å². The number of rotatable bonds is 6. The number of nitrogens with zero attached hydrogens (tertiary/aromatic N) is 1. The van der Waals surface area contributed by atoms with Crippen molar-refractivity contribution in [3.8, 4) is 5.75 Å². The van der Waals surface area contributed by atoms with Gasteiger partial charge < -0.3 is 15.5 Å². The van der Waals surface area contributed by atoms with Crippen molar-refractivity contribution in [1.82, 2.24) is 10.3 Å². The monoisotopic (exact) mass is 407 g/mol. The lowest BCUT2D eigenvalue weighted by molar-refractivity contribution is -0.189. The number of halogens is 4. The predicted octanol–water partition coefficient (Wildman–Crippen LogP) is 3.72. The van der Waals surface area contributed by atoms with Gasteiger partial charge >= 0.3 is 6.18 Å². The standard InChI is InChI=1S/C15H17BrF3N3O2/c1-8(15(17,18)19)24-12-5-11(21-6-10(12)16)13(23)22-14(2,7-20)9-3-4-9/h5-9,20H,3-4H2,1-2H3,(H,22,23)/t8-,14?/m0/s1. The molecule has 9 heteroatoms.